The minimum Gasteiger partial charge on any atom is -0.619 e. The molecule has 2 aromatic rings. The van der Waals surface area contributed by atoms with E-state index in [1.54, 1.807) is 18.3 Å². The van der Waals surface area contributed by atoms with Crippen molar-refractivity contribution in [1.82, 2.24) is 10.3 Å². The second kappa shape index (κ2) is 7.40. The number of nitrogens with one attached hydrogen (secondary N) is 1. The molecule has 1 amide bonds. The van der Waals surface area contributed by atoms with Crippen molar-refractivity contribution in [1.29, 1.82) is 0 Å². The van der Waals surface area contributed by atoms with Crippen LogP contribution in [0.2, 0.25) is 0 Å². The molecule has 116 valence electrons. The number of aromatic nitrogens is 2. The fourth-order valence-corrected chi connectivity index (χ4v) is 2.24. The summed E-state index contributed by atoms with van der Waals surface area (Å²) < 4.78 is 0.611. The normalized spacial score (nSPS) is 10.3. The monoisotopic (exact) mass is 300 g/mol. The van der Waals surface area contributed by atoms with Gasteiger partial charge in [-0.3, -0.25) is 4.79 Å². The van der Waals surface area contributed by atoms with Crippen LogP contribution in [0.1, 0.15) is 29.8 Å². The fraction of sp³-hybridized carbons (Fsp3) is 0.312. The zero-order valence-corrected chi connectivity index (χ0v) is 12.8. The molecule has 0 spiro atoms. The van der Waals surface area contributed by atoms with Crippen LogP contribution in [-0.4, -0.2) is 24.0 Å². The molecule has 0 atom stereocenters. The number of rotatable bonds is 6. The number of carbonyl (C=O) groups is 1. The lowest BCUT2D eigenvalue weighted by Crippen LogP contribution is -2.30. The van der Waals surface area contributed by atoms with E-state index in [-0.39, 0.29) is 5.91 Å². The van der Waals surface area contributed by atoms with E-state index in [1.165, 1.54) is 12.4 Å². The van der Waals surface area contributed by atoms with E-state index in [9.17, 15) is 10.0 Å². The minimum atomic E-state index is -0.278. The van der Waals surface area contributed by atoms with Gasteiger partial charge in [0.2, 0.25) is 0 Å². The largest absolute Gasteiger partial charge is 0.619 e. The van der Waals surface area contributed by atoms with Gasteiger partial charge in [0.05, 0.1) is 0 Å². The molecule has 0 aliphatic heterocycles. The highest BCUT2D eigenvalue weighted by molar-refractivity contribution is 5.93. The van der Waals surface area contributed by atoms with E-state index in [0.717, 1.165) is 24.5 Å². The highest BCUT2D eigenvalue weighted by Gasteiger charge is 2.12. The van der Waals surface area contributed by atoms with Gasteiger partial charge in [0.1, 0.15) is 11.4 Å². The molecule has 1 N–H and O–H groups in total. The van der Waals surface area contributed by atoms with Crippen LogP contribution in [0.15, 0.2) is 42.9 Å². The van der Waals surface area contributed by atoms with Gasteiger partial charge in [-0.15, -0.1) is 0 Å². The Kier molecular flexibility index (Phi) is 5.30. The molecule has 0 unspecified atom stereocenters. The van der Waals surface area contributed by atoms with E-state index in [1.807, 2.05) is 12.1 Å². The molecular weight excluding hydrogens is 280 g/mol. The van der Waals surface area contributed by atoms with E-state index < -0.39 is 0 Å². The first-order valence-electron chi connectivity index (χ1n) is 7.31. The van der Waals surface area contributed by atoms with Gasteiger partial charge in [-0.1, -0.05) is 6.07 Å². The Hall–Kier alpha value is -2.63. The quantitative estimate of drug-likeness (QED) is 0.648. The number of anilines is 1. The van der Waals surface area contributed by atoms with Crippen LogP contribution in [-0.2, 0) is 6.54 Å². The molecule has 2 heterocycles. The summed E-state index contributed by atoms with van der Waals surface area (Å²) in [5.74, 6) is 0.597. The summed E-state index contributed by atoms with van der Waals surface area (Å²) in [5.41, 5.74) is 1.29. The van der Waals surface area contributed by atoms with Gasteiger partial charge in [-0.05, 0) is 26.0 Å². The number of amides is 1. The topological polar surface area (TPSA) is 72.2 Å². The molecule has 0 bridgehead atoms. The number of hydrogen-bond donors (Lipinski definition) is 1. The predicted octanol–water partition coefficient (Wildman–Crippen LogP) is 1.49. The molecule has 0 aliphatic rings. The molecule has 0 aliphatic carbocycles. The van der Waals surface area contributed by atoms with Crippen LogP contribution >= 0.6 is 0 Å². The Morgan fingerprint density at radius 2 is 2.09 bits per heavy atom. The first-order chi connectivity index (χ1) is 10.7. The van der Waals surface area contributed by atoms with Gasteiger partial charge < -0.3 is 15.4 Å². The minimum absolute atomic E-state index is 0.278. The summed E-state index contributed by atoms with van der Waals surface area (Å²) in [6.07, 6.45) is 4.34. The molecule has 0 saturated carbocycles. The maximum absolute atomic E-state index is 12.1. The lowest BCUT2D eigenvalue weighted by atomic mass is 10.2. The van der Waals surface area contributed by atoms with Crippen molar-refractivity contribution in [2.45, 2.75) is 20.4 Å². The lowest BCUT2D eigenvalue weighted by molar-refractivity contribution is -0.605. The molecular formula is C16H20N4O2. The second-order valence-corrected chi connectivity index (χ2v) is 4.79. The SMILES string of the molecule is CCN(CC)c1ncccc1CNC(=O)c1ccc[n+]([O-])c1. The van der Waals surface area contributed by atoms with Gasteiger partial charge in [0, 0.05) is 37.5 Å². The van der Waals surface area contributed by atoms with Crippen LogP contribution in [0.3, 0.4) is 0 Å². The first-order valence-corrected chi connectivity index (χ1v) is 7.31. The molecule has 0 radical (unpaired) electrons. The molecule has 0 aromatic carbocycles. The van der Waals surface area contributed by atoms with Crippen LogP contribution < -0.4 is 14.9 Å². The first kappa shape index (κ1) is 15.8. The summed E-state index contributed by atoms with van der Waals surface area (Å²) in [6.45, 7) is 6.20. The molecule has 0 fully saturated rings. The summed E-state index contributed by atoms with van der Waals surface area (Å²) >= 11 is 0. The Labute approximate surface area is 130 Å². The molecule has 6 heteroatoms. The summed E-state index contributed by atoms with van der Waals surface area (Å²) in [5, 5.41) is 14.0. The van der Waals surface area contributed by atoms with Crippen molar-refractivity contribution >= 4 is 11.7 Å². The number of pyridine rings is 2. The van der Waals surface area contributed by atoms with Crippen molar-refractivity contribution in [3.05, 3.63) is 59.2 Å². The molecule has 2 aromatic heterocycles. The third-order valence-electron chi connectivity index (χ3n) is 3.41. The Balaban J connectivity index is 2.10. The Morgan fingerprint density at radius 3 is 2.77 bits per heavy atom. The third-order valence-corrected chi connectivity index (χ3v) is 3.41. The van der Waals surface area contributed by atoms with E-state index in [4.69, 9.17) is 0 Å². The molecule has 0 saturated heterocycles. The van der Waals surface area contributed by atoms with Gasteiger partial charge >= 0.3 is 0 Å². The lowest BCUT2D eigenvalue weighted by Gasteiger charge is -2.22. The van der Waals surface area contributed by atoms with Gasteiger partial charge in [0.25, 0.3) is 5.91 Å². The van der Waals surface area contributed by atoms with Crippen LogP contribution in [0, 0.1) is 5.21 Å². The predicted molar refractivity (Wildman–Crippen MR) is 84.4 cm³/mol. The van der Waals surface area contributed by atoms with Crippen molar-refractivity contribution in [2.24, 2.45) is 0 Å². The third kappa shape index (κ3) is 3.72. The fourth-order valence-electron chi connectivity index (χ4n) is 2.24. The number of carbonyl (C=O) groups excluding carboxylic acids is 1. The summed E-state index contributed by atoms with van der Waals surface area (Å²) in [7, 11) is 0. The van der Waals surface area contributed by atoms with Gasteiger partial charge in [-0.25, -0.2) is 4.98 Å². The second-order valence-electron chi connectivity index (χ2n) is 4.79. The summed E-state index contributed by atoms with van der Waals surface area (Å²) in [6, 6.07) is 6.95. The smallest absolute Gasteiger partial charge is 0.257 e. The van der Waals surface area contributed by atoms with E-state index >= 15 is 0 Å². The summed E-state index contributed by atoms with van der Waals surface area (Å²) in [4.78, 5) is 18.6. The van der Waals surface area contributed by atoms with Crippen molar-refractivity contribution in [3.8, 4) is 0 Å². The molecule has 2 rings (SSSR count). The van der Waals surface area contributed by atoms with Crippen LogP contribution in [0.5, 0.6) is 0 Å². The molecule has 22 heavy (non-hydrogen) atoms. The molecule has 6 nitrogen and oxygen atoms in total. The van der Waals surface area contributed by atoms with Crippen molar-refractivity contribution < 1.29 is 9.52 Å². The maximum Gasteiger partial charge on any atom is 0.257 e. The Morgan fingerprint density at radius 1 is 1.32 bits per heavy atom. The highest BCUT2D eigenvalue weighted by atomic mass is 16.5. The number of hydrogen-bond acceptors (Lipinski definition) is 4. The zero-order valence-electron chi connectivity index (χ0n) is 12.8. The number of nitrogens with zero attached hydrogens (tertiary/aromatic N) is 3. The van der Waals surface area contributed by atoms with Gasteiger partial charge in [-0.2, -0.15) is 4.73 Å². The average molecular weight is 300 g/mol. The highest BCUT2D eigenvalue weighted by Crippen LogP contribution is 2.16. The van der Waals surface area contributed by atoms with Crippen molar-refractivity contribution in [3.63, 3.8) is 0 Å². The maximum atomic E-state index is 12.1. The van der Waals surface area contributed by atoms with Crippen LogP contribution in [0.4, 0.5) is 5.82 Å². The van der Waals surface area contributed by atoms with Crippen molar-refractivity contribution in [2.75, 3.05) is 18.0 Å². The Bertz CT molecular complexity index is 642. The van der Waals surface area contributed by atoms with Crippen LogP contribution in [0.25, 0.3) is 0 Å². The van der Waals surface area contributed by atoms with E-state index in [2.05, 4.69) is 29.0 Å². The van der Waals surface area contributed by atoms with Gasteiger partial charge in [0.15, 0.2) is 12.4 Å². The zero-order chi connectivity index (χ0) is 15.9. The standard InChI is InChI=1S/C16H20N4O2/c1-3-19(4-2)15-13(7-5-9-17-15)11-18-16(21)14-8-6-10-20(22)12-14/h5-10,12H,3-4,11H2,1-2H3,(H,18,21). The van der Waals surface area contributed by atoms with E-state index in [0.29, 0.717) is 16.8 Å². The average Bonchev–Trinajstić information content (AvgIpc) is 2.55.